The van der Waals surface area contributed by atoms with Crippen LogP contribution in [0.15, 0.2) is 140 Å². The van der Waals surface area contributed by atoms with E-state index in [9.17, 15) is 0 Å². The first kappa shape index (κ1) is 27.8. The number of allylic oxidation sites excluding steroid dienone is 1. The minimum Gasteiger partial charge on any atom is -0.214 e. The Morgan fingerprint density at radius 1 is 0.743 bits per heavy atom. The van der Waals surface area contributed by atoms with Gasteiger partial charge in [-0.05, 0) is 6.42 Å². The van der Waals surface area contributed by atoms with E-state index in [1.807, 2.05) is 110 Å². The average molecular weight is 486 g/mol. The van der Waals surface area contributed by atoms with E-state index in [1.54, 1.807) is 0 Å². The summed E-state index contributed by atoms with van der Waals surface area (Å²) < 4.78 is 0. The molecular formula is C34H30Ti. The molecule has 0 N–H and O–H groups in total. The first-order valence-electron chi connectivity index (χ1n) is 11.5. The van der Waals surface area contributed by atoms with Crippen molar-refractivity contribution in [2.24, 2.45) is 0 Å². The maximum Gasteiger partial charge on any atom is 4.00 e. The molecule has 1 aliphatic rings. The molecule has 0 fully saturated rings. The van der Waals surface area contributed by atoms with Gasteiger partial charge in [0.1, 0.15) is 0 Å². The molecule has 0 saturated carbocycles. The van der Waals surface area contributed by atoms with Crippen molar-refractivity contribution in [2.75, 3.05) is 0 Å². The first-order valence-corrected chi connectivity index (χ1v) is 11.5. The van der Waals surface area contributed by atoms with E-state index >= 15 is 0 Å². The monoisotopic (exact) mass is 486 g/mol. The van der Waals surface area contributed by atoms with Crippen LogP contribution in [0.3, 0.4) is 0 Å². The Kier molecular flexibility index (Phi) is 12.9. The molecule has 0 spiro atoms. The van der Waals surface area contributed by atoms with Gasteiger partial charge in [0.2, 0.25) is 0 Å². The topological polar surface area (TPSA) is 0 Å². The van der Waals surface area contributed by atoms with Gasteiger partial charge in [-0.1, -0.05) is 54.4 Å². The Morgan fingerprint density at radius 3 is 1.91 bits per heavy atom. The molecule has 0 aromatic heterocycles. The van der Waals surface area contributed by atoms with Gasteiger partial charge in [0.25, 0.3) is 0 Å². The molecule has 0 aliphatic heterocycles. The molecule has 0 saturated heterocycles. The van der Waals surface area contributed by atoms with Crippen molar-refractivity contribution < 1.29 is 21.7 Å². The summed E-state index contributed by atoms with van der Waals surface area (Å²) in [7, 11) is 0. The average Bonchev–Trinajstić information content (AvgIpc) is 3.58. The zero-order valence-corrected chi connectivity index (χ0v) is 21.8. The van der Waals surface area contributed by atoms with E-state index in [-0.39, 0.29) is 21.7 Å². The Bertz CT molecular complexity index is 1160. The normalized spacial score (nSPS) is 10.1. The van der Waals surface area contributed by atoms with Crippen LogP contribution >= 0.6 is 0 Å². The number of fused-ring (bicyclic) bond motifs is 3. The zero-order chi connectivity index (χ0) is 23.8. The van der Waals surface area contributed by atoms with Crippen LogP contribution < -0.4 is 0 Å². The number of hydrogen-bond donors (Lipinski definition) is 0. The van der Waals surface area contributed by atoms with Crippen LogP contribution in [-0.2, 0) is 28.1 Å². The van der Waals surface area contributed by atoms with Crippen LogP contribution in [0.1, 0.15) is 29.2 Å². The van der Waals surface area contributed by atoms with E-state index in [2.05, 4.69) is 55.5 Å². The van der Waals surface area contributed by atoms with Gasteiger partial charge in [0, 0.05) is 0 Å². The molecule has 1 heteroatoms. The third-order valence-electron chi connectivity index (χ3n) is 5.10. The Morgan fingerprint density at radius 2 is 1.34 bits per heavy atom. The van der Waals surface area contributed by atoms with Gasteiger partial charge in [0.05, 0.1) is 0 Å². The number of benzene rings is 4. The van der Waals surface area contributed by atoms with Crippen LogP contribution in [0.4, 0.5) is 0 Å². The SMILES string of the molecule is CC=[C-]c1ccccc1.[CH2-]c1ccccc1.[Ti+4].[c-]1cccc2c1Cc1ccccc1-2.c1cc[cH-]c1. The molecule has 170 valence electrons. The van der Waals surface area contributed by atoms with Crippen molar-refractivity contribution in [1.29, 1.82) is 0 Å². The van der Waals surface area contributed by atoms with Crippen molar-refractivity contribution in [1.82, 2.24) is 0 Å². The van der Waals surface area contributed by atoms with Crippen LogP contribution in [0.2, 0.25) is 0 Å². The third-order valence-corrected chi connectivity index (χ3v) is 5.10. The summed E-state index contributed by atoms with van der Waals surface area (Å²) in [5.41, 5.74) is 7.72. The molecule has 1 aliphatic carbocycles. The van der Waals surface area contributed by atoms with Gasteiger partial charge in [-0.3, -0.25) is 0 Å². The second-order valence-electron chi connectivity index (χ2n) is 7.64. The smallest absolute Gasteiger partial charge is 0.214 e. The van der Waals surface area contributed by atoms with E-state index in [0.29, 0.717) is 0 Å². The van der Waals surface area contributed by atoms with Crippen molar-refractivity contribution in [3.8, 4) is 11.1 Å². The van der Waals surface area contributed by atoms with Crippen molar-refractivity contribution in [2.45, 2.75) is 13.3 Å². The van der Waals surface area contributed by atoms with Crippen molar-refractivity contribution >= 4 is 0 Å². The third kappa shape index (κ3) is 9.75. The Labute approximate surface area is 226 Å². The zero-order valence-electron chi connectivity index (χ0n) is 20.2. The van der Waals surface area contributed by atoms with E-state index in [4.69, 9.17) is 0 Å². The summed E-state index contributed by atoms with van der Waals surface area (Å²) >= 11 is 0. The first-order chi connectivity index (χ1) is 16.8. The van der Waals surface area contributed by atoms with Crippen LogP contribution in [-0.4, -0.2) is 0 Å². The molecule has 0 heterocycles. The Balaban J connectivity index is 0.000000173. The molecule has 0 bridgehead atoms. The second kappa shape index (κ2) is 16.2. The summed E-state index contributed by atoms with van der Waals surface area (Å²) in [6, 6.07) is 48.1. The second-order valence-corrected chi connectivity index (χ2v) is 7.64. The molecule has 0 radical (unpaired) electrons. The molecule has 5 aromatic carbocycles. The minimum atomic E-state index is 0. The van der Waals surface area contributed by atoms with Crippen LogP contribution in [0, 0.1) is 19.1 Å². The maximum atomic E-state index is 3.72. The molecule has 0 nitrogen and oxygen atoms in total. The number of hydrogen-bond acceptors (Lipinski definition) is 0. The fraction of sp³-hybridized carbons (Fsp3) is 0.0588. The number of rotatable bonds is 1. The fourth-order valence-corrected chi connectivity index (χ4v) is 3.50. The van der Waals surface area contributed by atoms with Gasteiger partial charge in [0.15, 0.2) is 0 Å². The molecular weight excluding hydrogens is 456 g/mol. The van der Waals surface area contributed by atoms with E-state index in [0.717, 1.165) is 17.5 Å². The van der Waals surface area contributed by atoms with Gasteiger partial charge >= 0.3 is 21.7 Å². The predicted octanol–water partition coefficient (Wildman–Crippen LogP) is 8.74. The van der Waals surface area contributed by atoms with Crippen molar-refractivity contribution in [3.05, 3.63) is 181 Å². The quantitative estimate of drug-likeness (QED) is 0.161. The summed E-state index contributed by atoms with van der Waals surface area (Å²) in [5, 5.41) is 0. The molecule has 0 atom stereocenters. The molecule has 0 amide bonds. The standard InChI is InChI=1S/C13H9.C9H9.C7H7.C5H5.Ti/c1-3-7-12-10(5-1)9-11-6-2-4-8-13(11)12;1-2-6-9-7-4-3-5-8-9;1-7-5-3-2-4-6-7;1-2-4-5-3-1;/h1-5,7-8H,9H2;2-5,7-8H,1H3;2-6H,1H2;1-5H;/q4*-1;+4. The van der Waals surface area contributed by atoms with Gasteiger partial charge < -0.3 is 0 Å². The summed E-state index contributed by atoms with van der Waals surface area (Å²) in [6.07, 6.45) is 6.04. The minimum absolute atomic E-state index is 0. The molecule has 0 unspecified atom stereocenters. The summed E-state index contributed by atoms with van der Waals surface area (Å²) in [4.78, 5) is 0. The maximum absolute atomic E-state index is 3.72. The molecule has 35 heavy (non-hydrogen) atoms. The van der Waals surface area contributed by atoms with E-state index in [1.165, 1.54) is 22.3 Å². The molecule has 6 rings (SSSR count). The fourth-order valence-electron chi connectivity index (χ4n) is 3.50. The Hall–Kier alpha value is -3.45. The largest absolute Gasteiger partial charge is 4.00 e. The van der Waals surface area contributed by atoms with Crippen molar-refractivity contribution in [3.63, 3.8) is 0 Å². The summed E-state index contributed by atoms with van der Waals surface area (Å²) in [6.45, 7) is 5.69. The van der Waals surface area contributed by atoms with Crippen LogP contribution in [0.5, 0.6) is 0 Å². The predicted molar refractivity (Wildman–Crippen MR) is 145 cm³/mol. The van der Waals surface area contributed by atoms with Gasteiger partial charge in [-0.25, -0.2) is 12.1 Å². The van der Waals surface area contributed by atoms with Crippen LogP contribution in [0.25, 0.3) is 11.1 Å². The van der Waals surface area contributed by atoms with Gasteiger partial charge in [-0.15, -0.1) is 35.9 Å². The van der Waals surface area contributed by atoms with Gasteiger partial charge in [-0.2, -0.15) is 96.4 Å². The molecule has 5 aromatic rings. The summed E-state index contributed by atoms with van der Waals surface area (Å²) in [5.74, 6) is 0. The van der Waals surface area contributed by atoms with E-state index < -0.39 is 0 Å².